The molecule has 3 aromatic carbocycles. The SMILES string of the molecule is Cc1ccc2c(oc3c(-c4cc(C(C)(C)C)c5c(c4)C(C)(C)CC5(C)C)c(C#N)ccc32)c1-c1cccc[n+]1C. The maximum Gasteiger partial charge on any atom is 0.216 e. The van der Waals surface area contributed by atoms with E-state index in [1.54, 1.807) is 0 Å². The third-order valence-corrected chi connectivity index (χ3v) is 8.97. The van der Waals surface area contributed by atoms with Gasteiger partial charge in [-0.25, -0.2) is 4.57 Å². The highest BCUT2D eigenvalue weighted by molar-refractivity contribution is 6.14. The summed E-state index contributed by atoms with van der Waals surface area (Å²) in [6.07, 6.45) is 3.16. The number of hydrogen-bond acceptors (Lipinski definition) is 2. The van der Waals surface area contributed by atoms with Gasteiger partial charge in [0.15, 0.2) is 6.20 Å². The first-order chi connectivity index (χ1) is 18.7. The van der Waals surface area contributed by atoms with E-state index in [0.29, 0.717) is 5.56 Å². The van der Waals surface area contributed by atoms with Crippen molar-refractivity contribution in [3.63, 3.8) is 0 Å². The molecule has 0 atom stereocenters. The summed E-state index contributed by atoms with van der Waals surface area (Å²) in [5.74, 6) is 0. The van der Waals surface area contributed by atoms with Crippen LogP contribution in [0.25, 0.3) is 44.3 Å². The van der Waals surface area contributed by atoms with E-state index in [2.05, 4.69) is 122 Å². The fourth-order valence-corrected chi connectivity index (χ4v) is 7.41. The number of hydrogen-bond donors (Lipinski definition) is 0. The normalized spacial score (nSPS) is 15.9. The van der Waals surface area contributed by atoms with Gasteiger partial charge in [-0.15, -0.1) is 0 Å². The molecule has 2 aromatic heterocycles. The van der Waals surface area contributed by atoms with Crippen molar-refractivity contribution in [1.82, 2.24) is 0 Å². The third-order valence-electron chi connectivity index (χ3n) is 8.97. The molecule has 0 aliphatic heterocycles. The van der Waals surface area contributed by atoms with Gasteiger partial charge >= 0.3 is 0 Å². The minimum Gasteiger partial charge on any atom is -0.454 e. The van der Waals surface area contributed by atoms with Gasteiger partial charge in [0, 0.05) is 28.5 Å². The molecule has 1 aliphatic carbocycles. The molecule has 1 aliphatic rings. The predicted octanol–water partition coefficient (Wildman–Crippen LogP) is 9.18. The number of aromatic nitrogens is 1. The Kier molecular flexibility index (Phi) is 5.63. The number of nitrogens with zero attached hydrogens (tertiary/aromatic N) is 2. The molecule has 3 heteroatoms. The Hall–Kier alpha value is -3.90. The van der Waals surface area contributed by atoms with Gasteiger partial charge in [-0.05, 0) is 75.6 Å². The zero-order valence-corrected chi connectivity index (χ0v) is 25.3. The van der Waals surface area contributed by atoms with Gasteiger partial charge in [0.05, 0.1) is 17.2 Å². The van der Waals surface area contributed by atoms with Gasteiger partial charge in [0.2, 0.25) is 5.69 Å². The van der Waals surface area contributed by atoms with Crippen LogP contribution in [0.3, 0.4) is 0 Å². The largest absolute Gasteiger partial charge is 0.454 e. The second-order valence-corrected chi connectivity index (χ2v) is 14.1. The monoisotopic (exact) mass is 527 g/mol. The zero-order chi connectivity index (χ0) is 28.8. The molecule has 0 saturated heterocycles. The van der Waals surface area contributed by atoms with E-state index in [9.17, 15) is 5.26 Å². The molecule has 0 saturated carbocycles. The van der Waals surface area contributed by atoms with E-state index in [1.165, 1.54) is 16.7 Å². The molecule has 6 rings (SSSR count). The molecule has 0 unspecified atom stereocenters. The van der Waals surface area contributed by atoms with Gasteiger partial charge in [-0.2, -0.15) is 5.26 Å². The summed E-state index contributed by atoms with van der Waals surface area (Å²) in [5.41, 5.74) is 11.9. The van der Waals surface area contributed by atoms with E-state index in [-0.39, 0.29) is 16.2 Å². The average Bonchev–Trinajstić information content (AvgIpc) is 3.33. The lowest BCUT2D eigenvalue weighted by molar-refractivity contribution is -0.660. The molecule has 0 N–H and O–H groups in total. The Morgan fingerprint density at radius 3 is 2.20 bits per heavy atom. The molecule has 2 heterocycles. The number of furan rings is 1. The van der Waals surface area contributed by atoms with Crippen LogP contribution in [0.15, 0.2) is 65.2 Å². The van der Waals surface area contributed by atoms with Crippen molar-refractivity contribution in [1.29, 1.82) is 5.26 Å². The molecule has 0 fully saturated rings. The number of benzene rings is 3. The van der Waals surface area contributed by atoms with Crippen LogP contribution in [0.2, 0.25) is 0 Å². The Bertz CT molecular complexity index is 1890. The smallest absolute Gasteiger partial charge is 0.216 e. The van der Waals surface area contributed by atoms with E-state index < -0.39 is 0 Å². The van der Waals surface area contributed by atoms with E-state index >= 15 is 0 Å². The predicted molar refractivity (Wildman–Crippen MR) is 165 cm³/mol. The Balaban J connectivity index is 1.74. The standard InChI is InChI=1S/C37H39N2O/c1-22-13-15-25-26-16-14-23(20-38)31(34(26)40-33(25)30(22)29-12-10-11-17-39(29)9)24-18-27(35(2,3)4)32-28(19-24)36(5,6)21-37(32,7)8/h10-19H,21H2,1-9H3/q+1. The van der Waals surface area contributed by atoms with Crippen molar-refractivity contribution < 1.29 is 8.98 Å². The quantitative estimate of drug-likeness (QED) is 0.215. The minimum atomic E-state index is -0.0430. The first-order valence-corrected chi connectivity index (χ1v) is 14.3. The van der Waals surface area contributed by atoms with Gasteiger partial charge < -0.3 is 4.42 Å². The molecule has 3 nitrogen and oxygen atoms in total. The van der Waals surface area contributed by atoms with Crippen LogP contribution in [-0.4, -0.2) is 0 Å². The van der Waals surface area contributed by atoms with Crippen LogP contribution < -0.4 is 4.57 Å². The van der Waals surface area contributed by atoms with Crippen LogP contribution in [-0.2, 0) is 23.3 Å². The molecular formula is C37H39N2O+. The van der Waals surface area contributed by atoms with Crippen molar-refractivity contribution in [2.45, 2.75) is 78.1 Å². The maximum absolute atomic E-state index is 10.3. The van der Waals surface area contributed by atoms with Crippen molar-refractivity contribution >= 4 is 21.9 Å². The Morgan fingerprint density at radius 2 is 1.55 bits per heavy atom. The number of rotatable bonds is 2. The summed E-state index contributed by atoms with van der Waals surface area (Å²) >= 11 is 0. The zero-order valence-electron chi connectivity index (χ0n) is 25.3. The van der Waals surface area contributed by atoms with Crippen LogP contribution >= 0.6 is 0 Å². The lowest BCUT2D eigenvalue weighted by atomic mass is 9.74. The molecule has 202 valence electrons. The summed E-state index contributed by atoms with van der Waals surface area (Å²) in [4.78, 5) is 0. The number of nitriles is 1. The maximum atomic E-state index is 10.3. The van der Waals surface area contributed by atoms with Gasteiger partial charge in [-0.1, -0.05) is 72.7 Å². The highest BCUT2D eigenvalue weighted by Crippen LogP contribution is 2.54. The number of aryl methyl sites for hydroxylation is 2. The van der Waals surface area contributed by atoms with Crippen molar-refractivity contribution in [3.8, 4) is 28.5 Å². The molecular weight excluding hydrogens is 488 g/mol. The average molecular weight is 528 g/mol. The lowest BCUT2D eigenvalue weighted by Crippen LogP contribution is -2.30. The first kappa shape index (κ1) is 26.3. The minimum absolute atomic E-state index is 0.0375. The summed E-state index contributed by atoms with van der Waals surface area (Å²) in [6.45, 7) is 18.5. The topological polar surface area (TPSA) is 40.8 Å². The molecule has 0 radical (unpaired) electrons. The van der Waals surface area contributed by atoms with E-state index in [0.717, 1.165) is 56.3 Å². The van der Waals surface area contributed by atoms with Crippen LogP contribution in [0.5, 0.6) is 0 Å². The molecule has 0 amide bonds. The fourth-order valence-electron chi connectivity index (χ4n) is 7.41. The summed E-state index contributed by atoms with van der Waals surface area (Å²) in [5, 5.41) is 12.5. The third kappa shape index (κ3) is 3.80. The second kappa shape index (κ2) is 8.55. The van der Waals surface area contributed by atoms with Gasteiger partial charge in [0.1, 0.15) is 18.2 Å². The highest BCUT2D eigenvalue weighted by atomic mass is 16.3. The number of fused-ring (bicyclic) bond motifs is 4. The summed E-state index contributed by atoms with van der Waals surface area (Å²) < 4.78 is 9.01. The molecule has 0 bridgehead atoms. The Labute approximate surface area is 238 Å². The van der Waals surface area contributed by atoms with Gasteiger partial charge in [-0.3, -0.25) is 0 Å². The Morgan fingerprint density at radius 1 is 0.875 bits per heavy atom. The number of pyridine rings is 1. The van der Waals surface area contributed by atoms with E-state index in [1.807, 2.05) is 12.1 Å². The molecule has 0 spiro atoms. The van der Waals surface area contributed by atoms with E-state index in [4.69, 9.17) is 4.42 Å². The van der Waals surface area contributed by atoms with Crippen molar-refractivity contribution in [2.24, 2.45) is 7.05 Å². The van der Waals surface area contributed by atoms with Crippen LogP contribution in [0.1, 0.15) is 82.7 Å². The van der Waals surface area contributed by atoms with Crippen LogP contribution in [0, 0.1) is 18.3 Å². The van der Waals surface area contributed by atoms with Crippen molar-refractivity contribution in [2.75, 3.05) is 0 Å². The van der Waals surface area contributed by atoms with Crippen molar-refractivity contribution in [3.05, 3.63) is 88.6 Å². The van der Waals surface area contributed by atoms with Gasteiger partial charge in [0.25, 0.3) is 0 Å². The molecule has 5 aromatic rings. The molecule has 40 heavy (non-hydrogen) atoms. The summed E-state index contributed by atoms with van der Waals surface area (Å²) in [6, 6.07) is 21.8. The first-order valence-electron chi connectivity index (χ1n) is 14.3. The second-order valence-electron chi connectivity index (χ2n) is 14.1. The fraction of sp³-hybridized carbons (Fsp3) is 0.351. The summed E-state index contributed by atoms with van der Waals surface area (Å²) in [7, 11) is 2.07. The highest BCUT2D eigenvalue weighted by Gasteiger charge is 2.45. The lowest BCUT2D eigenvalue weighted by Gasteiger charge is -2.30. The van der Waals surface area contributed by atoms with Crippen LogP contribution in [0.4, 0.5) is 0 Å².